The van der Waals surface area contributed by atoms with Crippen molar-refractivity contribution in [3.05, 3.63) is 90.0 Å². The first-order valence-electron chi connectivity index (χ1n) is 9.66. The Morgan fingerprint density at radius 3 is 1.90 bits per heavy atom. The van der Waals surface area contributed by atoms with Gasteiger partial charge in [0.1, 0.15) is 0 Å². The number of aromatic amines is 1. The van der Waals surface area contributed by atoms with Crippen molar-refractivity contribution < 1.29 is 0 Å². The fraction of sp³-hybridized carbons (Fsp3) is 0. The van der Waals surface area contributed by atoms with E-state index in [1.54, 1.807) is 0 Å². The number of aromatic nitrogens is 2. The van der Waals surface area contributed by atoms with Crippen LogP contribution in [0.2, 0.25) is 0 Å². The van der Waals surface area contributed by atoms with Crippen LogP contribution >= 0.6 is 0 Å². The standard InChI is InChI=1S/C26H14N4/c27-14-16-5-8-20-21-9-6-17(15-28)12-26(21)30(25(20)11-16)18-7-10-24-22(13-18)19-3-1-2-4-23(19)29-24/h1-13,29H. The Morgan fingerprint density at radius 2 is 1.23 bits per heavy atom. The fourth-order valence-corrected chi connectivity index (χ4v) is 4.41. The molecule has 0 saturated carbocycles. The number of para-hydroxylation sites is 1. The molecule has 0 spiro atoms. The molecule has 0 amide bonds. The van der Waals surface area contributed by atoms with Gasteiger partial charge in [0, 0.05) is 38.3 Å². The third-order valence-corrected chi connectivity index (χ3v) is 5.77. The van der Waals surface area contributed by atoms with Crippen LogP contribution in [0.4, 0.5) is 0 Å². The minimum Gasteiger partial charge on any atom is -0.355 e. The molecule has 6 aromatic rings. The molecule has 0 atom stereocenters. The number of rotatable bonds is 1. The molecule has 0 fully saturated rings. The summed E-state index contributed by atoms with van der Waals surface area (Å²) >= 11 is 0. The summed E-state index contributed by atoms with van der Waals surface area (Å²) in [7, 11) is 0. The molecule has 0 aliphatic carbocycles. The molecule has 4 aromatic carbocycles. The Kier molecular flexibility index (Phi) is 3.27. The molecule has 2 aromatic heterocycles. The number of nitrogens with zero attached hydrogens (tertiary/aromatic N) is 3. The third-order valence-electron chi connectivity index (χ3n) is 5.77. The first-order chi connectivity index (χ1) is 14.8. The average molecular weight is 382 g/mol. The van der Waals surface area contributed by atoms with Crippen LogP contribution < -0.4 is 0 Å². The van der Waals surface area contributed by atoms with Crippen LogP contribution in [0.5, 0.6) is 0 Å². The topological polar surface area (TPSA) is 68.3 Å². The first-order valence-corrected chi connectivity index (χ1v) is 9.66. The van der Waals surface area contributed by atoms with Crippen molar-refractivity contribution in [2.24, 2.45) is 0 Å². The van der Waals surface area contributed by atoms with Gasteiger partial charge in [-0.05, 0) is 48.5 Å². The summed E-state index contributed by atoms with van der Waals surface area (Å²) in [5.74, 6) is 0. The quantitative estimate of drug-likeness (QED) is 0.370. The molecule has 0 unspecified atom stereocenters. The van der Waals surface area contributed by atoms with Crippen molar-refractivity contribution in [1.82, 2.24) is 9.55 Å². The van der Waals surface area contributed by atoms with E-state index in [0.29, 0.717) is 11.1 Å². The predicted octanol–water partition coefficient (Wildman–Crippen LogP) is 6.16. The summed E-state index contributed by atoms with van der Waals surface area (Å²) in [4.78, 5) is 3.47. The molecule has 0 saturated heterocycles. The molecule has 6 rings (SSSR count). The average Bonchev–Trinajstić information content (AvgIpc) is 3.32. The second-order valence-electron chi connectivity index (χ2n) is 7.42. The number of nitrogens with one attached hydrogen (secondary N) is 1. The van der Waals surface area contributed by atoms with E-state index in [0.717, 1.165) is 43.9 Å². The zero-order chi connectivity index (χ0) is 20.2. The summed E-state index contributed by atoms with van der Waals surface area (Å²) in [6.45, 7) is 0. The third kappa shape index (κ3) is 2.19. The number of H-pyrrole nitrogens is 1. The normalized spacial score (nSPS) is 11.3. The largest absolute Gasteiger partial charge is 0.355 e. The molecule has 0 aliphatic rings. The predicted molar refractivity (Wildman–Crippen MR) is 120 cm³/mol. The second kappa shape index (κ2) is 5.98. The van der Waals surface area contributed by atoms with Crippen molar-refractivity contribution in [2.45, 2.75) is 0 Å². The van der Waals surface area contributed by atoms with Gasteiger partial charge in [-0.15, -0.1) is 0 Å². The first kappa shape index (κ1) is 16.4. The van der Waals surface area contributed by atoms with Crippen LogP contribution in [0.25, 0.3) is 49.3 Å². The van der Waals surface area contributed by atoms with E-state index >= 15 is 0 Å². The van der Waals surface area contributed by atoms with Crippen molar-refractivity contribution in [1.29, 1.82) is 10.5 Å². The zero-order valence-corrected chi connectivity index (χ0v) is 15.8. The van der Waals surface area contributed by atoms with Gasteiger partial charge in [0.2, 0.25) is 0 Å². The maximum atomic E-state index is 9.44. The lowest BCUT2D eigenvalue weighted by atomic mass is 10.1. The minimum atomic E-state index is 0.611. The Labute approximate surface area is 171 Å². The smallest absolute Gasteiger partial charge is 0.0992 e. The van der Waals surface area contributed by atoms with Crippen molar-refractivity contribution in [3.63, 3.8) is 0 Å². The van der Waals surface area contributed by atoms with E-state index in [2.05, 4.69) is 52.0 Å². The summed E-state index contributed by atoms with van der Waals surface area (Å²) in [6.07, 6.45) is 0. The highest BCUT2D eigenvalue weighted by Crippen LogP contribution is 2.35. The van der Waals surface area contributed by atoms with E-state index in [9.17, 15) is 10.5 Å². The Morgan fingerprint density at radius 1 is 0.600 bits per heavy atom. The van der Waals surface area contributed by atoms with Crippen LogP contribution in [0, 0.1) is 22.7 Å². The van der Waals surface area contributed by atoms with E-state index in [-0.39, 0.29) is 0 Å². The molecule has 138 valence electrons. The SMILES string of the molecule is N#Cc1ccc2c3ccc(C#N)cc3n(-c3ccc4[nH]c5ccccc5c4c3)c2c1. The summed E-state index contributed by atoms with van der Waals surface area (Å²) < 4.78 is 2.15. The molecule has 0 bridgehead atoms. The zero-order valence-electron chi connectivity index (χ0n) is 15.8. The summed E-state index contributed by atoms with van der Waals surface area (Å²) in [6, 6.07) is 30.6. The van der Waals surface area contributed by atoms with Gasteiger partial charge in [0.05, 0.1) is 34.3 Å². The van der Waals surface area contributed by atoms with Crippen molar-refractivity contribution >= 4 is 43.6 Å². The van der Waals surface area contributed by atoms with Gasteiger partial charge in [-0.2, -0.15) is 10.5 Å². The molecular formula is C26H14N4. The van der Waals surface area contributed by atoms with Gasteiger partial charge < -0.3 is 9.55 Å². The minimum absolute atomic E-state index is 0.611. The van der Waals surface area contributed by atoms with Crippen LogP contribution in [0.15, 0.2) is 78.9 Å². The monoisotopic (exact) mass is 382 g/mol. The molecule has 2 heterocycles. The molecule has 4 heteroatoms. The van der Waals surface area contributed by atoms with Crippen LogP contribution in [-0.4, -0.2) is 9.55 Å². The second-order valence-corrected chi connectivity index (χ2v) is 7.42. The van der Waals surface area contributed by atoms with Gasteiger partial charge >= 0.3 is 0 Å². The van der Waals surface area contributed by atoms with Gasteiger partial charge in [-0.1, -0.05) is 30.3 Å². The van der Waals surface area contributed by atoms with Gasteiger partial charge in [0.15, 0.2) is 0 Å². The molecule has 30 heavy (non-hydrogen) atoms. The molecule has 0 aliphatic heterocycles. The van der Waals surface area contributed by atoms with Crippen LogP contribution in [0.1, 0.15) is 11.1 Å². The molecule has 1 N–H and O–H groups in total. The summed E-state index contributed by atoms with van der Waals surface area (Å²) in [5, 5.41) is 23.3. The lowest BCUT2D eigenvalue weighted by Crippen LogP contribution is -1.94. The Balaban J connectivity index is 1.76. The van der Waals surface area contributed by atoms with E-state index in [4.69, 9.17) is 0 Å². The van der Waals surface area contributed by atoms with E-state index in [1.807, 2.05) is 48.5 Å². The number of benzene rings is 4. The fourth-order valence-electron chi connectivity index (χ4n) is 4.41. The number of hydrogen-bond acceptors (Lipinski definition) is 2. The highest BCUT2D eigenvalue weighted by Gasteiger charge is 2.15. The Hall–Kier alpha value is -4.54. The number of fused-ring (bicyclic) bond motifs is 6. The van der Waals surface area contributed by atoms with Gasteiger partial charge in [-0.3, -0.25) is 0 Å². The molecule has 0 radical (unpaired) electrons. The van der Waals surface area contributed by atoms with Crippen LogP contribution in [-0.2, 0) is 0 Å². The molecular weight excluding hydrogens is 368 g/mol. The van der Waals surface area contributed by atoms with E-state index < -0.39 is 0 Å². The highest BCUT2D eigenvalue weighted by atomic mass is 15.0. The maximum Gasteiger partial charge on any atom is 0.0992 e. The van der Waals surface area contributed by atoms with Gasteiger partial charge in [0.25, 0.3) is 0 Å². The summed E-state index contributed by atoms with van der Waals surface area (Å²) in [5.41, 5.74) is 6.32. The van der Waals surface area contributed by atoms with Crippen LogP contribution in [0.3, 0.4) is 0 Å². The molecule has 4 nitrogen and oxygen atoms in total. The van der Waals surface area contributed by atoms with Crippen molar-refractivity contribution in [3.8, 4) is 17.8 Å². The van der Waals surface area contributed by atoms with Crippen molar-refractivity contribution in [2.75, 3.05) is 0 Å². The number of nitriles is 2. The number of hydrogen-bond donors (Lipinski definition) is 1. The Bertz CT molecular complexity index is 1650. The lowest BCUT2D eigenvalue weighted by Gasteiger charge is -2.09. The lowest BCUT2D eigenvalue weighted by molar-refractivity contribution is 1.18. The van der Waals surface area contributed by atoms with E-state index in [1.165, 1.54) is 5.39 Å². The maximum absolute atomic E-state index is 9.44. The van der Waals surface area contributed by atoms with Gasteiger partial charge in [-0.25, -0.2) is 0 Å². The highest BCUT2D eigenvalue weighted by molar-refractivity contribution is 6.11.